The summed E-state index contributed by atoms with van der Waals surface area (Å²) < 4.78 is 19.2. The molecule has 216 valence electrons. The van der Waals surface area contributed by atoms with Crippen molar-refractivity contribution in [2.45, 2.75) is 19.8 Å². The van der Waals surface area contributed by atoms with Crippen molar-refractivity contribution in [3.8, 4) is 22.9 Å². The Morgan fingerprint density at radius 2 is 1.30 bits per heavy atom. The highest BCUT2D eigenvalue weighted by molar-refractivity contribution is 5.88. The number of hydrogen-bond donors (Lipinski definition) is 2. The maximum absolute atomic E-state index is 14.1. The molecule has 6 aromatic rings. The van der Waals surface area contributed by atoms with Gasteiger partial charge in [0.05, 0.1) is 35.9 Å². The number of nitrogens with zero attached hydrogens (tertiary/aromatic N) is 2. The highest BCUT2D eigenvalue weighted by Crippen LogP contribution is 2.37. The molecule has 3 aromatic heterocycles. The highest BCUT2D eigenvalue weighted by atomic mass is 16.6. The predicted octanol–water partition coefficient (Wildman–Crippen LogP) is 5.26. The smallest absolute Gasteiger partial charge is 0.379 e. The molecule has 0 radical (unpaired) electrons. The molecule has 6 rings (SSSR count). The van der Waals surface area contributed by atoms with Crippen LogP contribution in [0.4, 0.5) is 0 Å². The number of esters is 1. The van der Waals surface area contributed by atoms with E-state index in [1.54, 1.807) is 38.1 Å². The largest absolute Gasteiger partial charge is 0.493 e. The summed E-state index contributed by atoms with van der Waals surface area (Å²) >= 11 is 0. The van der Waals surface area contributed by atoms with Gasteiger partial charge in [-0.3, -0.25) is 19.8 Å². The lowest BCUT2D eigenvalue weighted by Gasteiger charge is -2.18. The molecule has 43 heavy (non-hydrogen) atoms. The SMILES string of the molecule is COc1cc(C(c2c(C)[nH]n(-c3ccccc3)c2=O)c2c(C)[nH]n(-c3ccccc3)c2=O)ccc1OC(=O)c1ccco1. The van der Waals surface area contributed by atoms with E-state index in [2.05, 4.69) is 10.2 Å². The third-order valence-electron chi connectivity index (χ3n) is 7.29. The molecule has 0 atom stereocenters. The van der Waals surface area contributed by atoms with Crippen LogP contribution in [-0.2, 0) is 0 Å². The number of rotatable bonds is 8. The van der Waals surface area contributed by atoms with E-state index in [1.165, 1.54) is 28.8 Å². The summed E-state index contributed by atoms with van der Waals surface area (Å²) in [7, 11) is 1.45. The van der Waals surface area contributed by atoms with Crippen LogP contribution >= 0.6 is 0 Å². The number of furan rings is 1. The summed E-state index contributed by atoms with van der Waals surface area (Å²) in [6.07, 6.45) is 1.38. The van der Waals surface area contributed by atoms with Crippen LogP contribution in [0, 0.1) is 13.8 Å². The molecule has 0 saturated carbocycles. The number of ether oxygens (including phenoxy) is 2. The van der Waals surface area contributed by atoms with Gasteiger partial charge in [-0.05, 0) is 67.9 Å². The van der Waals surface area contributed by atoms with E-state index in [-0.39, 0.29) is 28.4 Å². The second-order valence-corrected chi connectivity index (χ2v) is 9.96. The van der Waals surface area contributed by atoms with Crippen molar-refractivity contribution in [2.75, 3.05) is 7.11 Å². The van der Waals surface area contributed by atoms with Gasteiger partial charge in [0.1, 0.15) is 0 Å². The Morgan fingerprint density at radius 1 is 0.744 bits per heavy atom. The van der Waals surface area contributed by atoms with Crippen molar-refractivity contribution in [3.63, 3.8) is 0 Å². The first-order valence-corrected chi connectivity index (χ1v) is 13.5. The van der Waals surface area contributed by atoms with Gasteiger partial charge in [-0.15, -0.1) is 0 Å². The molecule has 10 heteroatoms. The molecule has 3 heterocycles. The van der Waals surface area contributed by atoms with E-state index in [0.29, 0.717) is 39.5 Å². The number of benzene rings is 3. The highest BCUT2D eigenvalue weighted by Gasteiger charge is 2.32. The fraction of sp³-hybridized carbons (Fsp3) is 0.121. The monoisotopic (exact) mass is 576 g/mol. The Labute approximate surface area is 245 Å². The van der Waals surface area contributed by atoms with E-state index in [4.69, 9.17) is 13.9 Å². The Balaban J connectivity index is 1.54. The molecule has 0 saturated heterocycles. The fourth-order valence-electron chi connectivity index (χ4n) is 5.29. The lowest BCUT2D eigenvalue weighted by molar-refractivity contribution is 0.0696. The molecular weight excluding hydrogens is 548 g/mol. The van der Waals surface area contributed by atoms with Crippen LogP contribution < -0.4 is 20.6 Å². The van der Waals surface area contributed by atoms with Gasteiger partial charge in [0, 0.05) is 17.3 Å². The lowest BCUT2D eigenvalue weighted by atomic mass is 9.85. The third kappa shape index (κ3) is 4.99. The summed E-state index contributed by atoms with van der Waals surface area (Å²) in [4.78, 5) is 40.7. The Hall–Kier alpha value is -5.77. The maximum atomic E-state index is 14.1. The van der Waals surface area contributed by atoms with E-state index in [9.17, 15) is 14.4 Å². The maximum Gasteiger partial charge on any atom is 0.379 e. The number of para-hydroxylation sites is 2. The quantitative estimate of drug-likeness (QED) is 0.188. The number of nitrogens with one attached hydrogen (secondary N) is 2. The van der Waals surface area contributed by atoms with Crippen LogP contribution in [0.5, 0.6) is 11.5 Å². The van der Waals surface area contributed by atoms with Crippen molar-refractivity contribution in [1.82, 2.24) is 19.6 Å². The summed E-state index contributed by atoms with van der Waals surface area (Å²) in [6, 6.07) is 26.5. The molecule has 0 bridgehead atoms. The van der Waals surface area contributed by atoms with Gasteiger partial charge >= 0.3 is 5.97 Å². The number of carbonyl (C=O) groups excluding carboxylic acids is 1. The lowest BCUT2D eigenvalue weighted by Crippen LogP contribution is -2.25. The van der Waals surface area contributed by atoms with Gasteiger partial charge in [-0.1, -0.05) is 42.5 Å². The zero-order chi connectivity index (χ0) is 30.1. The second kappa shape index (κ2) is 11.2. The van der Waals surface area contributed by atoms with Crippen molar-refractivity contribution >= 4 is 5.97 Å². The van der Waals surface area contributed by atoms with Crippen LogP contribution in [-0.4, -0.2) is 32.6 Å². The summed E-state index contributed by atoms with van der Waals surface area (Å²) in [6.45, 7) is 3.61. The van der Waals surface area contributed by atoms with Crippen LogP contribution in [0.2, 0.25) is 0 Å². The zero-order valence-corrected chi connectivity index (χ0v) is 23.7. The average Bonchev–Trinajstić information content (AvgIpc) is 3.74. The number of hydrogen-bond acceptors (Lipinski definition) is 6. The minimum Gasteiger partial charge on any atom is -0.493 e. The minimum atomic E-state index is -0.800. The molecule has 0 aliphatic rings. The molecule has 0 unspecified atom stereocenters. The number of methoxy groups -OCH3 is 1. The number of aryl methyl sites for hydroxylation is 2. The average molecular weight is 577 g/mol. The molecule has 0 aliphatic heterocycles. The van der Waals surface area contributed by atoms with E-state index < -0.39 is 11.9 Å². The van der Waals surface area contributed by atoms with Crippen molar-refractivity contribution in [2.24, 2.45) is 0 Å². The zero-order valence-electron chi connectivity index (χ0n) is 23.7. The van der Waals surface area contributed by atoms with Gasteiger partial charge in [-0.25, -0.2) is 14.2 Å². The molecule has 0 aliphatic carbocycles. The normalized spacial score (nSPS) is 11.2. The van der Waals surface area contributed by atoms with Crippen LogP contribution in [0.25, 0.3) is 11.4 Å². The molecule has 0 spiro atoms. The van der Waals surface area contributed by atoms with Gasteiger partial charge in [0.2, 0.25) is 5.76 Å². The fourth-order valence-corrected chi connectivity index (χ4v) is 5.29. The van der Waals surface area contributed by atoms with Gasteiger partial charge in [0.15, 0.2) is 11.5 Å². The standard InChI is InChI=1S/C33H28N4O6/c1-20-28(31(38)36(34-20)23-11-6-4-7-12-23)30(29-21(2)35-37(32(29)39)24-13-8-5-9-14-24)22-16-17-25(27(19-22)41-3)43-33(40)26-15-10-18-42-26/h4-19,30,34-35H,1-3H3. The Kier molecular flexibility index (Phi) is 7.17. The predicted molar refractivity (Wildman–Crippen MR) is 160 cm³/mol. The van der Waals surface area contributed by atoms with Crippen LogP contribution in [0.3, 0.4) is 0 Å². The first-order chi connectivity index (χ1) is 20.9. The molecule has 0 fully saturated rings. The number of carbonyl (C=O) groups is 1. The van der Waals surface area contributed by atoms with E-state index in [0.717, 1.165) is 0 Å². The Bertz CT molecular complexity index is 1920. The van der Waals surface area contributed by atoms with E-state index >= 15 is 0 Å². The molecule has 3 aromatic carbocycles. The van der Waals surface area contributed by atoms with Gasteiger partial charge < -0.3 is 13.9 Å². The molecule has 2 N–H and O–H groups in total. The number of H-pyrrole nitrogens is 2. The summed E-state index contributed by atoms with van der Waals surface area (Å²) in [5, 5.41) is 6.36. The first-order valence-electron chi connectivity index (χ1n) is 13.5. The third-order valence-corrected chi connectivity index (χ3v) is 7.29. The van der Waals surface area contributed by atoms with Gasteiger partial charge in [0.25, 0.3) is 11.1 Å². The second-order valence-electron chi connectivity index (χ2n) is 9.96. The molecule has 0 amide bonds. The van der Waals surface area contributed by atoms with E-state index in [1.807, 2.05) is 60.7 Å². The van der Waals surface area contributed by atoms with Crippen LogP contribution in [0.15, 0.2) is 111 Å². The van der Waals surface area contributed by atoms with Gasteiger partial charge in [-0.2, -0.15) is 0 Å². The van der Waals surface area contributed by atoms with Crippen molar-refractivity contribution in [1.29, 1.82) is 0 Å². The van der Waals surface area contributed by atoms with Crippen LogP contribution in [0.1, 0.15) is 44.6 Å². The van der Waals surface area contributed by atoms with Crippen molar-refractivity contribution < 1.29 is 18.7 Å². The first kappa shape index (κ1) is 27.4. The number of aromatic nitrogens is 4. The molecular formula is C33H28N4O6. The summed E-state index contributed by atoms with van der Waals surface area (Å²) in [5.41, 5.74) is 3.29. The topological polar surface area (TPSA) is 124 Å². The number of aromatic amines is 2. The molecule has 10 nitrogen and oxygen atoms in total. The summed E-state index contributed by atoms with van der Waals surface area (Å²) in [5.74, 6) is -1.04. The minimum absolute atomic E-state index is 0.0397. The van der Waals surface area contributed by atoms with Crippen molar-refractivity contribution in [3.05, 3.63) is 152 Å². The Morgan fingerprint density at radius 3 is 1.79 bits per heavy atom.